The number of hydrogen-bond acceptors (Lipinski definition) is 4. The lowest BCUT2D eigenvalue weighted by atomic mass is 9.95. The monoisotopic (exact) mass is 436 g/mol. The molecule has 4 rings (SSSR count). The van der Waals surface area contributed by atoms with E-state index in [9.17, 15) is 4.79 Å². The maximum absolute atomic E-state index is 13.4. The first-order valence-electron chi connectivity index (χ1n) is 11.4. The van der Waals surface area contributed by atoms with Gasteiger partial charge in [0.1, 0.15) is 11.4 Å². The quantitative estimate of drug-likeness (QED) is 0.526. The predicted octanol–water partition coefficient (Wildman–Crippen LogP) is 5.21. The van der Waals surface area contributed by atoms with Crippen molar-refractivity contribution in [3.63, 3.8) is 0 Å². The molecule has 1 N–H and O–H groups in total. The first-order chi connectivity index (χ1) is 15.6. The number of aromatic amines is 1. The Hall–Kier alpha value is -3.15. The number of H-pyrrole nitrogens is 1. The second kappa shape index (κ2) is 9.98. The highest BCUT2D eigenvalue weighted by molar-refractivity contribution is 5.98. The van der Waals surface area contributed by atoms with Gasteiger partial charge >= 0.3 is 0 Å². The highest BCUT2D eigenvalue weighted by Crippen LogP contribution is 2.30. The van der Waals surface area contributed by atoms with Crippen molar-refractivity contribution in [2.24, 2.45) is 0 Å². The van der Waals surface area contributed by atoms with E-state index >= 15 is 0 Å². The molecule has 1 amide bonds. The van der Waals surface area contributed by atoms with Crippen LogP contribution in [0.15, 0.2) is 42.5 Å². The van der Waals surface area contributed by atoms with E-state index in [1.165, 1.54) is 5.56 Å². The summed E-state index contributed by atoms with van der Waals surface area (Å²) in [4.78, 5) is 18.8. The minimum atomic E-state index is 0.0798. The Balaban J connectivity index is 1.48. The summed E-state index contributed by atoms with van der Waals surface area (Å²) >= 11 is 0. The zero-order valence-corrected chi connectivity index (χ0v) is 19.1. The Morgan fingerprint density at radius 2 is 1.91 bits per heavy atom. The van der Waals surface area contributed by atoms with Gasteiger partial charge in [-0.2, -0.15) is 0 Å². The van der Waals surface area contributed by atoms with Crippen LogP contribution in [0.3, 0.4) is 0 Å². The molecule has 0 spiro atoms. The van der Waals surface area contributed by atoms with Crippen LogP contribution < -0.4 is 14.2 Å². The van der Waals surface area contributed by atoms with E-state index in [4.69, 9.17) is 14.2 Å². The molecule has 1 aromatic heterocycles. The van der Waals surface area contributed by atoms with Gasteiger partial charge in [-0.25, -0.2) is 0 Å². The summed E-state index contributed by atoms with van der Waals surface area (Å²) < 4.78 is 16.4. The molecule has 1 aliphatic heterocycles. The number of benzene rings is 2. The van der Waals surface area contributed by atoms with E-state index in [-0.39, 0.29) is 11.9 Å². The molecule has 0 saturated carbocycles. The highest BCUT2D eigenvalue weighted by Gasteiger charge is 2.28. The molecule has 1 aliphatic rings. The van der Waals surface area contributed by atoms with Gasteiger partial charge in [0.05, 0.1) is 20.8 Å². The molecule has 1 fully saturated rings. The number of methoxy groups -OCH3 is 2. The third kappa shape index (κ3) is 4.69. The van der Waals surface area contributed by atoms with Crippen molar-refractivity contribution in [1.29, 1.82) is 0 Å². The van der Waals surface area contributed by atoms with E-state index < -0.39 is 0 Å². The lowest BCUT2D eigenvalue weighted by Gasteiger charge is -2.35. The molecule has 0 bridgehead atoms. The fourth-order valence-corrected chi connectivity index (χ4v) is 4.57. The van der Waals surface area contributed by atoms with Crippen molar-refractivity contribution in [1.82, 2.24) is 9.88 Å². The van der Waals surface area contributed by atoms with Gasteiger partial charge in [-0.1, -0.05) is 6.07 Å². The van der Waals surface area contributed by atoms with Crippen LogP contribution in [0.2, 0.25) is 0 Å². The molecule has 2 heterocycles. The van der Waals surface area contributed by atoms with Crippen LogP contribution in [0, 0.1) is 0 Å². The highest BCUT2D eigenvalue weighted by atomic mass is 16.5. The fourth-order valence-electron chi connectivity index (χ4n) is 4.57. The number of ether oxygens (including phenoxy) is 3. The standard InChI is InChI=1S/C26H32N2O4/c1-4-32-21-12-10-19-16-23(27-22(19)17-21)26(29)28-14-6-5-7-20(28)11-8-18-9-13-24(30-2)25(15-18)31-3/h9-10,12-13,15-17,20,27H,4-8,11,14H2,1-3H3. The Morgan fingerprint density at radius 1 is 1.06 bits per heavy atom. The van der Waals surface area contributed by atoms with Crippen molar-refractivity contribution < 1.29 is 19.0 Å². The topological polar surface area (TPSA) is 63.8 Å². The summed E-state index contributed by atoms with van der Waals surface area (Å²) in [5.41, 5.74) is 2.76. The van der Waals surface area contributed by atoms with Crippen molar-refractivity contribution in [3.8, 4) is 17.2 Å². The van der Waals surface area contributed by atoms with Gasteiger partial charge in [0.2, 0.25) is 0 Å². The molecule has 32 heavy (non-hydrogen) atoms. The molecule has 0 aliphatic carbocycles. The van der Waals surface area contributed by atoms with Gasteiger partial charge in [0.15, 0.2) is 11.5 Å². The fraction of sp³-hybridized carbons (Fsp3) is 0.423. The maximum atomic E-state index is 13.4. The van der Waals surface area contributed by atoms with Crippen LogP contribution in [0.5, 0.6) is 17.2 Å². The average Bonchev–Trinajstić information content (AvgIpc) is 3.26. The molecule has 3 aromatic rings. The minimum absolute atomic E-state index is 0.0798. The summed E-state index contributed by atoms with van der Waals surface area (Å²) in [5.74, 6) is 2.37. The molecule has 1 saturated heterocycles. The van der Waals surface area contributed by atoms with Crippen molar-refractivity contribution >= 4 is 16.8 Å². The third-order valence-electron chi connectivity index (χ3n) is 6.24. The number of hydrogen-bond donors (Lipinski definition) is 1. The van der Waals surface area contributed by atoms with Gasteiger partial charge in [0, 0.05) is 29.6 Å². The Morgan fingerprint density at radius 3 is 2.69 bits per heavy atom. The van der Waals surface area contributed by atoms with Crippen LogP contribution in [0.25, 0.3) is 10.9 Å². The van der Waals surface area contributed by atoms with Gasteiger partial charge in [0.25, 0.3) is 5.91 Å². The summed E-state index contributed by atoms with van der Waals surface area (Å²) in [6.45, 7) is 3.38. The zero-order valence-electron chi connectivity index (χ0n) is 19.1. The lowest BCUT2D eigenvalue weighted by Crippen LogP contribution is -2.44. The molecule has 6 nitrogen and oxygen atoms in total. The van der Waals surface area contributed by atoms with Gasteiger partial charge in [-0.05, 0) is 74.9 Å². The van der Waals surface area contributed by atoms with E-state index in [2.05, 4.69) is 16.0 Å². The van der Waals surface area contributed by atoms with Crippen LogP contribution in [0.4, 0.5) is 0 Å². The molecule has 0 radical (unpaired) electrons. The SMILES string of the molecule is CCOc1ccc2cc(C(=O)N3CCCCC3CCc3ccc(OC)c(OC)c3)[nH]c2c1. The summed E-state index contributed by atoms with van der Waals surface area (Å²) in [6.07, 6.45) is 5.06. The van der Waals surface area contributed by atoms with Crippen LogP contribution in [-0.4, -0.2) is 49.2 Å². The zero-order chi connectivity index (χ0) is 22.5. The van der Waals surface area contributed by atoms with Crippen molar-refractivity contribution in [3.05, 3.63) is 53.7 Å². The van der Waals surface area contributed by atoms with Crippen molar-refractivity contribution in [2.45, 2.75) is 45.1 Å². The van der Waals surface area contributed by atoms with Gasteiger partial charge < -0.3 is 24.1 Å². The number of piperidine rings is 1. The summed E-state index contributed by atoms with van der Waals surface area (Å²) in [6, 6.07) is 14.1. The third-order valence-corrected chi connectivity index (χ3v) is 6.24. The number of carbonyl (C=O) groups excluding carboxylic acids is 1. The number of fused-ring (bicyclic) bond motifs is 1. The molecule has 6 heteroatoms. The Kier molecular flexibility index (Phi) is 6.88. The Labute approximate surface area is 189 Å². The van der Waals surface area contributed by atoms with E-state index in [0.717, 1.165) is 66.8 Å². The van der Waals surface area contributed by atoms with E-state index in [1.807, 2.05) is 43.3 Å². The number of amides is 1. The van der Waals surface area contributed by atoms with Gasteiger partial charge in [-0.3, -0.25) is 4.79 Å². The summed E-state index contributed by atoms with van der Waals surface area (Å²) in [5, 5.41) is 1.02. The molecular weight excluding hydrogens is 404 g/mol. The molecule has 1 atom stereocenters. The normalized spacial score (nSPS) is 16.2. The van der Waals surface area contributed by atoms with Crippen LogP contribution in [-0.2, 0) is 6.42 Å². The van der Waals surface area contributed by atoms with E-state index in [1.54, 1.807) is 14.2 Å². The number of rotatable bonds is 8. The number of nitrogens with zero attached hydrogens (tertiary/aromatic N) is 1. The molecule has 170 valence electrons. The van der Waals surface area contributed by atoms with Gasteiger partial charge in [-0.15, -0.1) is 0 Å². The van der Waals surface area contributed by atoms with Crippen LogP contribution in [0.1, 0.15) is 48.7 Å². The number of aryl methyl sites for hydroxylation is 1. The Bertz CT molecular complexity index is 1070. The number of carbonyl (C=O) groups is 1. The molecule has 2 aromatic carbocycles. The van der Waals surface area contributed by atoms with Crippen LogP contribution >= 0.6 is 0 Å². The predicted molar refractivity (Wildman–Crippen MR) is 126 cm³/mol. The first-order valence-corrected chi connectivity index (χ1v) is 11.4. The van der Waals surface area contributed by atoms with E-state index in [0.29, 0.717) is 12.3 Å². The second-order valence-electron chi connectivity index (χ2n) is 8.24. The second-order valence-corrected chi connectivity index (χ2v) is 8.24. The molecular formula is C26H32N2O4. The number of aromatic nitrogens is 1. The van der Waals surface area contributed by atoms with Crippen molar-refractivity contribution in [2.75, 3.05) is 27.4 Å². The maximum Gasteiger partial charge on any atom is 0.270 e. The smallest absolute Gasteiger partial charge is 0.270 e. The average molecular weight is 437 g/mol. The number of likely N-dealkylation sites (tertiary alicyclic amines) is 1. The first kappa shape index (κ1) is 22.1. The molecule has 1 unspecified atom stereocenters. The summed E-state index contributed by atoms with van der Waals surface area (Å²) in [7, 11) is 3.30. The lowest BCUT2D eigenvalue weighted by molar-refractivity contribution is 0.0597. The minimum Gasteiger partial charge on any atom is -0.494 e. The largest absolute Gasteiger partial charge is 0.494 e. The number of nitrogens with one attached hydrogen (secondary N) is 1.